The van der Waals surface area contributed by atoms with Crippen molar-refractivity contribution in [2.75, 3.05) is 0 Å². The van der Waals surface area contributed by atoms with Crippen molar-refractivity contribution in [2.24, 2.45) is 40.4 Å². The fourth-order valence-corrected chi connectivity index (χ4v) is 9.42. The predicted molar refractivity (Wildman–Crippen MR) is 91.8 cm³/mol. The molecule has 0 bridgehead atoms. The molecule has 9 atom stereocenters. The number of hydrogen-bond donors (Lipinski definition) is 0. The summed E-state index contributed by atoms with van der Waals surface area (Å²) in [6.07, 6.45) is 4.30. The fourth-order valence-electron chi connectivity index (χ4n) is 8.06. The number of fused-ring (bicyclic) bond motifs is 6. The van der Waals surface area contributed by atoms with Gasteiger partial charge in [-0.15, -0.1) is 0 Å². The molecule has 0 amide bonds. The van der Waals surface area contributed by atoms with E-state index in [2.05, 4.69) is 18.7 Å². The van der Waals surface area contributed by atoms with Crippen LogP contribution in [0, 0.1) is 40.4 Å². The highest BCUT2D eigenvalue weighted by atomic mass is 32.2. The number of rotatable bonds is 0. The van der Waals surface area contributed by atoms with Crippen LogP contribution in [0.5, 0.6) is 0 Å². The molecular formula is C20H29F3S. The van der Waals surface area contributed by atoms with E-state index in [1.807, 2.05) is 6.92 Å². The minimum absolute atomic E-state index is 0.324. The largest absolute Gasteiger partial charge is 0.392 e. The van der Waals surface area contributed by atoms with Crippen molar-refractivity contribution < 1.29 is 13.2 Å². The van der Waals surface area contributed by atoms with Gasteiger partial charge in [-0.05, 0) is 85.9 Å². The zero-order valence-electron chi connectivity index (χ0n) is 14.7. The summed E-state index contributed by atoms with van der Waals surface area (Å²) in [6.45, 7) is 4.50. The summed E-state index contributed by atoms with van der Waals surface area (Å²) in [6, 6.07) is 0. The van der Waals surface area contributed by atoms with Crippen LogP contribution in [0.2, 0.25) is 0 Å². The zero-order valence-corrected chi connectivity index (χ0v) is 15.6. The Labute approximate surface area is 147 Å². The van der Waals surface area contributed by atoms with Gasteiger partial charge in [0.15, 0.2) is 0 Å². The molecule has 0 aromatic rings. The third kappa shape index (κ3) is 2.07. The standard InChI is InChI=1S/C20H29F3S/c1-18-8-7-14-12(13(18)5-6-17(18)20(21,22)23)4-3-11-9-15-16(24-15)10-19(11,14)2/h11-17H,3-10H2,1-2H3/t11?,12-,13-,14+,15?,16?,17?,18-,19-/m0/s1. The van der Waals surface area contributed by atoms with Gasteiger partial charge in [-0.1, -0.05) is 13.8 Å². The van der Waals surface area contributed by atoms with Crippen molar-refractivity contribution in [3.05, 3.63) is 0 Å². The van der Waals surface area contributed by atoms with E-state index in [4.69, 9.17) is 0 Å². The van der Waals surface area contributed by atoms with Crippen LogP contribution in [0.3, 0.4) is 0 Å². The van der Waals surface area contributed by atoms with Gasteiger partial charge in [0.05, 0.1) is 5.92 Å². The molecule has 24 heavy (non-hydrogen) atoms. The van der Waals surface area contributed by atoms with Gasteiger partial charge >= 0.3 is 6.18 Å². The Bertz CT molecular complexity index is 545. The number of thioether (sulfide) groups is 1. The second-order valence-electron chi connectivity index (χ2n) is 10.0. The lowest BCUT2D eigenvalue weighted by Gasteiger charge is -2.60. The van der Waals surface area contributed by atoms with E-state index < -0.39 is 17.5 Å². The topological polar surface area (TPSA) is 0 Å². The monoisotopic (exact) mass is 358 g/mol. The molecule has 0 radical (unpaired) electrons. The molecule has 0 spiro atoms. The minimum Gasteiger partial charge on any atom is -0.171 e. The van der Waals surface area contributed by atoms with Gasteiger partial charge in [0.1, 0.15) is 0 Å². The van der Waals surface area contributed by atoms with Crippen molar-refractivity contribution in [2.45, 2.75) is 81.9 Å². The fraction of sp³-hybridized carbons (Fsp3) is 1.00. The van der Waals surface area contributed by atoms with Crippen LogP contribution in [0.4, 0.5) is 13.2 Å². The van der Waals surface area contributed by atoms with Gasteiger partial charge in [0.25, 0.3) is 0 Å². The summed E-state index contributed by atoms with van der Waals surface area (Å²) < 4.78 is 40.8. The summed E-state index contributed by atoms with van der Waals surface area (Å²) in [7, 11) is 0. The molecule has 1 aliphatic heterocycles. The Hall–Kier alpha value is 0.140. The molecule has 5 fully saturated rings. The van der Waals surface area contributed by atoms with Crippen LogP contribution in [0.25, 0.3) is 0 Å². The Morgan fingerprint density at radius 1 is 0.875 bits per heavy atom. The van der Waals surface area contributed by atoms with Gasteiger partial charge in [-0.25, -0.2) is 0 Å². The van der Waals surface area contributed by atoms with Crippen LogP contribution in [0.1, 0.15) is 65.2 Å². The molecule has 1 heterocycles. The maximum absolute atomic E-state index is 13.6. The van der Waals surface area contributed by atoms with Gasteiger partial charge in [0, 0.05) is 10.5 Å². The predicted octanol–water partition coefficient (Wildman–Crippen LogP) is 6.30. The molecule has 5 rings (SSSR count). The van der Waals surface area contributed by atoms with Gasteiger partial charge in [-0.2, -0.15) is 24.9 Å². The van der Waals surface area contributed by atoms with E-state index in [9.17, 15) is 13.2 Å². The second-order valence-corrected chi connectivity index (χ2v) is 11.5. The first kappa shape index (κ1) is 16.3. The van der Waals surface area contributed by atoms with Crippen LogP contribution in [-0.2, 0) is 0 Å². The van der Waals surface area contributed by atoms with Crippen molar-refractivity contribution in [3.8, 4) is 0 Å². The van der Waals surface area contributed by atoms with Crippen molar-refractivity contribution in [1.29, 1.82) is 0 Å². The maximum atomic E-state index is 13.6. The lowest BCUT2D eigenvalue weighted by atomic mass is 9.45. The quantitative estimate of drug-likeness (QED) is 0.458. The highest BCUT2D eigenvalue weighted by Crippen LogP contribution is 2.71. The van der Waals surface area contributed by atoms with Crippen molar-refractivity contribution >= 4 is 11.8 Å². The molecule has 0 nitrogen and oxygen atoms in total. The van der Waals surface area contributed by atoms with E-state index in [1.165, 1.54) is 25.7 Å². The Kier molecular flexibility index (Phi) is 3.33. The number of hydrogen-bond acceptors (Lipinski definition) is 1. The van der Waals surface area contributed by atoms with E-state index >= 15 is 0 Å². The van der Waals surface area contributed by atoms with E-state index in [0.29, 0.717) is 29.6 Å². The SMILES string of the molecule is C[C@]12CC3SC3CC1CC[C@@H]1[C@H]2CC[C@]2(C)C(C(F)(F)F)CC[C@@H]12. The summed E-state index contributed by atoms with van der Waals surface area (Å²) >= 11 is 2.18. The second kappa shape index (κ2) is 4.89. The molecular weight excluding hydrogens is 329 g/mol. The normalized spacial score (nSPS) is 59.1. The third-order valence-electron chi connectivity index (χ3n) is 9.31. The van der Waals surface area contributed by atoms with Gasteiger partial charge < -0.3 is 0 Å². The zero-order chi connectivity index (χ0) is 16.9. The lowest BCUT2D eigenvalue weighted by Crippen LogP contribution is -2.54. The molecule has 4 saturated carbocycles. The van der Waals surface area contributed by atoms with E-state index in [1.54, 1.807) is 0 Å². The van der Waals surface area contributed by atoms with E-state index in [-0.39, 0.29) is 0 Å². The molecule has 4 heteroatoms. The summed E-state index contributed by atoms with van der Waals surface area (Å²) in [5, 5.41) is 1.80. The average molecular weight is 359 g/mol. The lowest BCUT2D eigenvalue weighted by molar-refractivity contribution is -0.215. The van der Waals surface area contributed by atoms with Crippen molar-refractivity contribution in [1.82, 2.24) is 0 Å². The highest BCUT2D eigenvalue weighted by Gasteiger charge is 2.66. The summed E-state index contributed by atoms with van der Waals surface area (Å²) in [4.78, 5) is 0. The van der Waals surface area contributed by atoms with Gasteiger partial charge in [0.2, 0.25) is 0 Å². The van der Waals surface area contributed by atoms with Crippen LogP contribution >= 0.6 is 11.8 Å². The van der Waals surface area contributed by atoms with Gasteiger partial charge in [-0.3, -0.25) is 0 Å². The first-order chi connectivity index (χ1) is 11.2. The first-order valence-electron chi connectivity index (χ1n) is 9.95. The van der Waals surface area contributed by atoms with E-state index in [0.717, 1.165) is 35.7 Å². The molecule has 4 unspecified atom stereocenters. The number of halogens is 3. The molecule has 4 aliphatic carbocycles. The molecule has 0 aromatic carbocycles. The Balaban J connectivity index is 1.45. The molecule has 0 aromatic heterocycles. The highest BCUT2D eigenvalue weighted by molar-refractivity contribution is 8.07. The van der Waals surface area contributed by atoms with Crippen molar-refractivity contribution in [3.63, 3.8) is 0 Å². The average Bonchev–Trinajstić information content (AvgIpc) is 3.11. The molecule has 1 saturated heterocycles. The van der Waals surface area contributed by atoms with Crippen LogP contribution in [0.15, 0.2) is 0 Å². The van der Waals surface area contributed by atoms with Crippen LogP contribution in [-0.4, -0.2) is 16.7 Å². The molecule has 5 aliphatic rings. The van der Waals surface area contributed by atoms with Crippen LogP contribution < -0.4 is 0 Å². The maximum Gasteiger partial charge on any atom is 0.392 e. The first-order valence-corrected chi connectivity index (χ1v) is 10.9. The Morgan fingerprint density at radius 2 is 1.62 bits per heavy atom. The number of alkyl halides is 3. The Morgan fingerprint density at radius 3 is 2.38 bits per heavy atom. The summed E-state index contributed by atoms with van der Waals surface area (Å²) in [5.74, 6) is 1.39. The molecule has 0 N–H and O–H groups in total. The smallest absolute Gasteiger partial charge is 0.171 e. The minimum atomic E-state index is -4.00. The third-order valence-corrected chi connectivity index (χ3v) is 10.7. The summed E-state index contributed by atoms with van der Waals surface area (Å²) in [5.41, 5.74) is -0.0562. The molecule has 136 valence electrons.